The van der Waals surface area contributed by atoms with E-state index in [1.54, 1.807) is 31.4 Å². The summed E-state index contributed by atoms with van der Waals surface area (Å²) in [6.07, 6.45) is 0.402. The summed E-state index contributed by atoms with van der Waals surface area (Å²) in [7, 11) is 3.69. The molecule has 0 unspecified atom stereocenters. The molecular formula is C22H28N2O3. The van der Waals surface area contributed by atoms with Crippen molar-refractivity contribution in [3.8, 4) is 5.75 Å². The molecule has 0 radical (unpaired) electrons. The minimum absolute atomic E-state index is 0.0125. The number of Topliss-reactive ketones (excluding diaryl/α,β-unsaturated/α-hetero) is 1. The largest absolute Gasteiger partial charge is 0.496 e. The average molecular weight is 368 g/mol. The molecule has 2 aromatic carbocycles. The van der Waals surface area contributed by atoms with Gasteiger partial charge in [-0.15, -0.1) is 0 Å². The van der Waals surface area contributed by atoms with Crippen LogP contribution in [0, 0.1) is 13.8 Å². The highest BCUT2D eigenvalue weighted by Crippen LogP contribution is 2.24. The fraction of sp³-hybridized carbons (Fsp3) is 0.364. The van der Waals surface area contributed by atoms with Gasteiger partial charge in [0, 0.05) is 30.8 Å². The van der Waals surface area contributed by atoms with Gasteiger partial charge in [-0.2, -0.15) is 0 Å². The van der Waals surface area contributed by atoms with E-state index in [9.17, 15) is 9.59 Å². The number of hydrogen-bond donors (Lipinski definition) is 1. The van der Waals surface area contributed by atoms with Gasteiger partial charge >= 0.3 is 0 Å². The van der Waals surface area contributed by atoms with Gasteiger partial charge in [-0.05, 0) is 68.8 Å². The number of nitrogens with one attached hydrogen (secondary N) is 1. The van der Waals surface area contributed by atoms with Crippen LogP contribution in [0.25, 0.3) is 0 Å². The van der Waals surface area contributed by atoms with Crippen molar-refractivity contribution in [3.63, 3.8) is 0 Å². The van der Waals surface area contributed by atoms with Crippen molar-refractivity contribution in [3.05, 3.63) is 58.7 Å². The first kappa shape index (κ1) is 20.6. The highest BCUT2D eigenvalue weighted by atomic mass is 16.5. The number of amides is 1. The topological polar surface area (TPSA) is 58.6 Å². The number of hydrogen-bond acceptors (Lipinski definition) is 4. The number of nitrogens with zero attached hydrogens (tertiary/aromatic N) is 1. The lowest BCUT2D eigenvalue weighted by atomic mass is 10.1. The van der Waals surface area contributed by atoms with E-state index in [1.165, 1.54) is 12.5 Å². The quantitative estimate of drug-likeness (QED) is 0.716. The summed E-state index contributed by atoms with van der Waals surface area (Å²) in [5.41, 5.74) is 4.78. The van der Waals surface area contributed by atoms with Crippen molar-refractivity contribution < 1.29 is 14.3 Å². The van der Waals surface area contributed by atoms with Crippen LogP contribution in [0.4, 0.5) is 5.69 Å². The molecule has 0 atom stereocenters. The number of rotatable bonds is 8. The maximum atomic E-state index is 12.2. The van der Waals surface area contributed by atoms with Crippen LogP contribution in [-0.2, 0) is 11.3 Å². The summed E-state index contributed by atoms with van der Waals surface area (Å²) in [5.74, 6) is 0.898. The zero-order valence-corrected chi connectivity index (χ0v) is 16.8. The molecule has 0 bridgehead atoms. The van der Waals surface area contributed by atoms with Crippen molar-refractivity contribution in [2.24, 2.45) is 0 Å². The Balaban J connectivity index is 1.85. The predicted molar refractivity (Wildman–Crippen MR) is 108 cm³/mol. The van der Waals surface area contributed by atoms with Gasteiger partial charge in [0.05, 0.1) is 7.11 Å². The second kappa shape index (κ2) is 9.33. The summed E-state index contributed by atoms with van der Waals surface area (Å²) < 4.78 is 5.41. The van der Waals surface area contributed by atoms with Gasteiger partial charge in [0.15, 0.2) is 5.78 Å². The Morgan fingerprint density at radius 1 is 1.07 bits per heavy atom. The van der Waals surface area contributed by atoms with Gasteiger partial charge in [-0.1, -0.05) is 12.1 Å². The van der Waals surface area contributed by atoms with E-state index in [-0.39, 0.29) is 11.7 Å². The number of anilines is 1. The van der Waals surface area contributed by atoms with E-state index in [0.717, 1.165) is 23.4 Å². The smallest absolute Gasteiger partial charge is 0.225 e. The highest BCUT2D eigenvalue weighted by molar-refractivity contribution is 5.95. The van der Waals surface area contributed by atoms with Crippen LogP contribution in [0.1, 0.15) is 40.4 Å². The molecule has 0 aromatic heterocycles. The SMILES string of the molecule is COc1c(C)cc(CN(C)CCC(=O)Nc2ccc(C(C)=O)cc2)cc1C. The van der Waals surface area contributed by atoms with Crippen LogP contribution in [0.3, 0.4) is 0 Å². The lowest BCUT2D eigenvalue weighted by Gasteiger charge is -2.18. The maximum Gasteiger partial charge on any atom is 0.225 e. The standard InChI is InChI=1S/C22H28N2O3/c1-15-12-18(13-16(2)22(15)27-5)14-24(4)11-10-21(26)23-20-8-6-19(7-9-20)17(3)25/h6-9,12-13H,10-11,14H2,1-5H3,(H,23,26). The fourth-order valence-electron chi connectivity index (χ4n) is 3.15. The highest BCUT2D eigenvalue weighted by Gasteiger charge is 2.09. The van der Waals surface area contributed by atoms with Gasteiger partial charge in [0.2, 0.25) is 5.91 Å². The number of carbonyl (C=O) groups is 2. The molecular weight excluding hydrogens is 340 g/mol. The summed E-state index contributed by atoms with van der Waals surface area (Å²) in [5, 5.41) is 2.87. The summed E-state index contributed by atoms with van der Waals surface area (Å²) in [6, 6.07) is 11.2. The zero-order valence-electron chi connectivity index (χ0n) is 16.8. The summed E-state index contributed by atoms with van der Waals surface area (Å²) in [4.78, 5) is 25.6. The Morgan fingerprint density at radius 3 is 2.19 bits per heavy atom. The minimum atomic E-state index is -0.0421. The number of benzene rings is 2. The van der Waals surface area contributed by atoms with Crippen molar-refractivity contribution in [2.75, 3.05) is 26.0 Å². The molecule has 0 saturated heterocycles. The van der Waals surface area contributed by atoms with Gasteiger partial charge in [0.25, 0.3) is 0 Å². The van der Waals surface area contributed by atoms with Gasteiger partial charge in [-0.25, -0.2) is 0 Å². The molecule has 0 saturated carbocycles. The molecule has 0 aliphatic carbocycles. The van der Waals surface area contributed by atoms with Crippen LogP contribution >= 0.6 is 0 Å². The van der Waals surface area contributed by atoms with E-state index in [0.29, 0.717) is 24.2 Å². The third-order valence-corrected chi connectivity index (χ3v) is 4.47. The molecule has 27 heavy (non-hydrogen) atoms. The molecule has 1 amide bonds. The first-order chi connectivity index (χ1) is 12.8. The molecule has 5 nitrogen and oxygen atoms in total. The molecule has 5 heteroatoms. The predicted octanol–water partition coefficient (Wildman–Crippen LogP) is 3.98. The lowest BCUT2D eigenvalue weighted by molar-refractivity contribution is -0.116. The summed E-state index contributed by atoms with van der Waals surface area (Å²) in [6.45, 7) is 7.03. The zero-order chi connectivity index (χ0) is 20.0. The van der Waals surface area contributed by atoms with Gasteiger partial charge in [-0.3, -0.25) is 9.59 Å². The molecule has 2 aromatic rings. The molecule has 144 valence electrons. The van der Waals surface area contributed by atoms with Crippen LogP contribution in [0.5, 0.6) is 5.75 Å². The van der Waals surface area contributed by atoms with E-state index in [4.69, 9.17) is 4.74 Å². The number of ketones is 1. The van der Waals surface area contributed by atoms with Crippen molar-refractivity contribution in [1.29, 1.82) is 0 Å². The Labute approximate surface area is 161 Å². The molecule has 1 N–H and O–H groups in total. The van der Waals surface area contributed by atoms with E-state index < -0.39 is 0 Å². The van der Waals surface area contributed by atoms with E-state index >= 15 is 0 Å². The monoisotopic (exact) mass is 368 g/mol. The van der Waals surface area contributed by atoms with Crippen molar-refractivity contribution in [2.45, 2.75) is 33.7 Å². The third-order valence-electron chi connectivity index (χ3n) is 4.47. The second-order valence-corrected chi connectivity index (χ2v) is 6.93. The third kappa shape index (κ3) is 5.93. The number of carbonyl (C=O) groups excluding carboxylic acids is 2. The molecule has 0 aliphatic rings. The van der Waals surface area contributed by atoms with Crippen LogP contribution in [-0.4, -0.2) is 37.3 Å². The first-order valence-corrected chi connectivity index (χ1v) is 9.03. The fourth-order valence-corrected chi connectivity index (χ4v) is 3.15. The first-order valence-electron chi connectivity index (χ1n) is 9.03. The molecule has 0 spiro atoms. The summed E-state index contributed by atoms with van der Waals surface area (Å²) >= 11 is 0. The van der Waals surface area contributed by atoms with Crippen molar-refractivity contribution in [1.82, 2.24) is 4.90 Å². The van der Waals surface area contributed by atoms with Crippen LogP contribution in [0.2, 0.25) is 0 Å². The Morgan fingerprint density at radius 2 is 1.67 bits per heavy atom. The van der Waals surface area contributed by atoms with Crippen LogP contribution < -0.4 is 10.1 Å². The van der Waals surface area contributed by atoms with E-state index in [2.05, 4.69) is 22.3 Å². The molecule has 0 heterocycles. The molecule has 0 fully saturated rings. The Hall–Kier alpha value is -2.66. The Kier molecular flexibility index (Phi) is 7.13. The lowest BCUT2D eigenvalue weighted by Crippen LogP contribution is -2.24. The minimum Gasteiger partial charge on any atom is -0.496 e. The number of ether oxygens (including phenoxy) is 1. The van der Waals surface area contributed by atoms with Crippen molar-refractivity contribution >= 4 is 17.4 Å². The molecule has 2 rings (SSSR count). The van der Waals surface area contributed by atoms with Crippen LogP contribution in [0.15, 0.2) is 36.4 Å². The second-order valence-electron chi connectivity index (χ2n) is 6.93. The average Bonchev–Trinajstić information content (AvgIpc) is 2.60. The van der Waals surface area contributed by atoms with Gasteiger partial charge in [0.1, 0.15) is 5.75 Å². The normalized spacial score (nSPS) is 10.7. The van der Waals surface area contributed by atoms with E-state index in [1.807, 2.05) is 20.9 Å². The number of methoxy groups -OCH3 is 1. The molecule has 0 aliphatic heterocycles. The number of aryl methyl sites for hydroxylation is 2. The van der Waals surface area contributed by atoms with Gasteiger partial charge < -0.3 is 15.0 Å². The Bertz CT molecular complexity index is 790. The maximum absolute atomic E-state index is 12.2.